The molecule has 3 rings (SSSR count). The van der Waals surface area contributed by atoms with E-state index in [1.54, 1.807) is 25.6 Å². The minimum Gasteiger partial charge on any atom is -0.378 e. The average molecular weight is 330 g/mol. The van der Waals surface area contributed by atoms with Crippen molar-refractivity contribution in [3.8, 4) is 11.1 Å². The van der Waals surface area contributed by atoms with E-state index in [1.807, 2.05) is 16.6 Å². The number of carbonyl (C=O) groups is 1. The maximum Gasteiger partial charge on any atom is 0.152 e. The topological polar surface area (TPSA) is 56.5 Å². The molecule has 0 saturated carbocycles. The Balaban J connectivity index is 2.40. The van der Waals surface area contributed by atoms with Gasteiger partial charge < -0.3 is 4.74 Å². The molecule has 0 aromatic carbocycles. The van der Waals surface area contributed by atoms with Crippen LogP contribution >= 0.6 is 11.6 Å². The summed E-state index contributed by atoms with van der Waals surface area (Å²) >= 11 is 6.08. The van der Waals surface area contributed by atoms with E-state index in [1.165, 1.54) is 0 Å². The zero-order valence-electron chi connectivity index (χ0n) is 12.9. The summed E-state index contributed by atoms with van der Waals surface area (Å²) in [5.74, 6) is 0. The molecule has 0 amide bonds. The lowest BCUT2D eigenvalue weighted by Crippen LogP contribution is -2.09. The van der Waals surface area contributed by atoms with Crippen molar-refractivity contribution in [2.45, 2.75) is 20.0 Å². The number of hydrogen-bond donors (Lipinski definition) is 0. The molecule has 0 bridgehead atoms. The lowest BCUT2D eigenvalue weighted by atomic mass is 10.0. The predicted octanol–water partition coefficient (Wildman–Crippen LogP) is 3.57. The molecular weight excluding hydrogens is 314 g/mol. The number of methoxy groups -OCH3 is 1. The van der Waals surface area contributed by atoms with Crippen LogP contribution in [-0.4, -0.2) is 28.0 Å². The van der Waals surface area contributed by atoms with Crippen molar-refractivity contribution in [2.75, 3.05) is 7.11 Å². The highest BCUT2D eigenvalue weighted by Gasteiger charge is 2.18. The molecule has 23 heavy (non-hydrogen) atoms. The molecule has 0 radical (unpaired) electrons. The van der Waals surface area contributed by atoms with Gasteiger partial charge in [-0.1, -0.05) is 18.5 Å². The molecule has 0 aliphatic rings. The van der Waals surface area contributed by atoms with Gasteiger partial charge in [0.2, 0.25) is 0 Å². The van der Waals surface area contributed by atoms with Gasteiger partial charge in [0.25, 0.3) is 0 Å². The lowest BCUT2D eigenvalue weighted by molar-refractivity contribution is 0.111. The first kappa shape index (κ1) is 15.6. The smallest absolute Gasteiger partial charge is 0.152 e. The Hall–Kier alpha value is -2.24. The number of rotatable bonds is 5. The number of aldehydes is 1. The Morgan fingerprint density at radius 2 is 2.17 bits per heavy atom. The van der Waals surface area contributed by atoms with E-state index in [9.17, 15) is 4.79 Å². The molecule has 3 heterocycles. The van der Waals surface area contributed by atoms with E-state index in [0.29, 0.717) is 16.3 Å². The number of fused-ring (bicyclic) bond motifs is 1. The fraction of sp³-hybridized carbons (Fsp3) is 0.235. The van der Waals surface area contributed by atoms with Gasteiger partial charge in [-0.25, -0.2) is 4.52 Å². The van der Waals surface area contributed by atoms with Crippen LogP contribution < -0.4 is 0 Å². The van der Waals surface area contributed by atoms with Crippen LogP contribution in [-0.2, 0) is 17.8 Å². The maximum atomic E-state index is 11.7. The van der Waals surface area contributed by atoms with Crippen LogP contribution in [0.3, 0.4) is 0 Å². The summed E-state index contributed by atoms with van der Waals surface area (Å²) in [6.07, 6.45) is 4.91. The maximum absolute atomic E-state index is 11.7. The number of halogens is 1. The van der Waals surface area contributed by atoms with Crippen LogP contribution in [0.1, 0.15) is 28.7 Å². The zero-order chi connectivity index (χ0) is 16.4. The molecular formula is C17H16ClN3O2. The fourth-order valence-corrected chi connectivity index (χ4v) is 2.90. The Bertz CT molecular complexity index is 874. The van der Waals surface area contributed by atoms with Crippen molar-refractivity contribution < 1.29 is 9.53 Å². The second-order valence-corrected chi connectivity index (χ2v) is 5.59. The lowest BCUT2D eigenvalue weighted by Gasteiger charge is -2.13. The van der Waals surface area contributed by atoms with Gasteiger partial charge in [0.1, 0.15) is 0 Å². The highest BCUT2D eigenvalue weighted by Crippen LogP contribution is 2.31. The highest BCUT2D eigenvalue weighted by atomic mass is 35.5. The zero-order valence-corrected chi connectivity index (χ0v) is 13.7. The highest BCUT2D eigenvalue weighted by molar-refractivity contribution is 6.30. The van der Waals surface area contributed by atoms with Gasteiger partial charge in [0, 0.05) is 36.3 Å². The second-order valence-electron chi connectivity index (χ2n) is 5.15. The van der Waals surface area contributed by atoms with Crippen molar-refractivity contribution in [1.82, 2.24) is 14.6 Å². The Labute approximate surface area is 138 Å². The van der Waals surface area contributed by atoms with Crippen LogP contribution in [0.2, 0.25) is 5.02 Å². The summed E-state index contributed by atoms with van der Waals surface area (Å²) < 4.78 is 7.07. The number of aromatic nitrogens is 3. The predicted molar refractivity (Wildman–Crippen MR) is 88.9 cm³/mol. The SMILES string of the molecule is CCc1ccc2c(-c3cncc(Cl)c3)c(C=O)c(COC)nn12. The van der Waals surface area contributed by atoms with Crippen molar-refractivity contribution in [1.29, 1.82) is 0 Å². The van der Waals surface area contributed by atoms with Crippen LogP contribution in [0.4, 0.5) is 0 Å². The number of carbonyl (C=O) groups excluding carboxylic acids is 1. The van der Waals surface area contributed by atoms with E-state index < -0.39 is 0 Å². The summed E-state index contributed by atoms with van der Waals surface area (Å²) in [7, 11) is 1.58. The van der Waals surface area contributed by atoms with Crippen molar-refractivity contribution in [3.63, 3.8) is 0 Å². The van der Waals surface area contributed by atoms with E-state index in [0.717, 1.165) is 35.0 Å². The molecule has 0 spiro atoms. The average Bonchev–Trinajstić information content (AvgIpc) is 2.96. The summed E-state index contributed by atoms with van der Waals surface area (Å²) in [4.78, 5) is 15.9. The first-order valence-corrected chi connectivity index (χ1v) is 7.66. The molecule has 118 valence electrons. The standard InChI is InChI=1S/C17H16ClN3O2/c1-3-13-4-5-16-17(11-6-12(18)8-19-7-11)14(9-22)15(10-23-2)20-21(13)16/h4-9H,3,10H2,1-2H3. The molecule has 3 aromatic heterocycles. The minimum absolute atomic E-state index is 0.256. The van der Waals surface area contributed by atoms with E-state index in [-0.39, 0.29) is 6.61 Å². The van der Waals surface area contributed by atoms with Gasteiger partial charge in [0.15, 0.2) is 6.29 Å². The van der Waals surface area contributed by atoms with E-state index in [4.69, 9.17) is 16.3 Å². The van der Waals surface area contributed by atoms with Gasteiger partial charge in [-0.05, 0) is 24.6 Å². The number of nitrogens with zero attached hydrogens (tertiary/aromatic N) is 3. The van der Waals surface area contributed by atoms with Crippen LogP contribution in [0.15, 0.2) is 30.6 Å². The molecule has 0 atom stereocenters. The van der Waals surface area contributed by atoms with Crippen molar-refractivity contribution in [2.24, 2.45) is 0 Å². The first-order valence-electron chi connectivity index (χ1n) is 7.28. The van der Waals surface area contributed by atoms with Gasteiger partial charge in [-0.3, -0.25) is 9.78 Å². The minimum atomic E-state index is 0.256. The summed E-state index contributed by atoms with van der Waals surface area (Å²) in [6, 6.07) is 5.77. The molecule has 0 unspecified atom stereocenters. The molecule has 0 aliphatic heterocycles. The molecule has 5 nitrogen and oxygen atoms in total. The number of hydrogen-bond acceptors (Lipinski definition) is 4. The molecule has 0 N–H and O–H groups in total. The number of pyridine rings is 1. The monoisotopic (exact) mass is 329 g/mol. The Kier molecular flexibility index (Phi) is 4.41. The number of ether oxygens (including phenoxy) is 1. The Morgan fingerprint density at radius 3 is 2.83 bits per heavy atom. The molecule has 0 fully saturated rings. The third-order valence-corrected chi connectivity index (χ3v) is 3.95. The van der Waals surface area contributed by atoms with E-state index >= 15 is 0 Å². The van der Waals surface area contributed by atoms with Crippen LogP contribution in [0.25, 0.3) is 16.6 Å². The van der Waals surface area contributed by atoms with Crippen molar-refractivity contribution in [3.05, 3.63) is 52.6 Å². The normalized spacial score (nSPS) is 11.1. The van der Waals surface area contributed by atoms with Gasteiger partial charge in [-0.2, -0.15) is 5.10 Å². The third-order valence-electron chi connectivity index (χ3n) is 3.75. The third kappa shape index (κ3) is 2.73. The summed E-state index contributed by atoms with van der Waals surface area (Å²) in [6.45, 7) is 2.32. The summed E-state index contributed by atoms with van der Waals surface area (Å²) in [5.41, 5.74) is 4.57. The quantitative estimate of drug-likeness (QED) is 0.671. The second kappa shape index (κ2) is 6.48. The van der Waals surface area contributed by atoms with Gasteiger partial charge in [-0.15, -0.1) is 0 Å². The molecule has 0 aliphatic carbocycles. The largest absolute Gasteiger partial charge is 0.378 e. The summed E-state index contributed by atoms with van der Waals surface area (Å²) in [5, 5.41) is 5.10. The first-order chi connectivity index (χ1) is 11.2. The Morgan fingerprint density at radius 1 is 1.35 bits per heavy atom. The molecule has 6 heteroatoms. The van der Waals surface area contributed by atoms with Gasteiger partial charge in [0.05, 0.1) is 28.4 Å². The molecule has 0 saturated heterocycles. The molecule has 3 aromatic rings. The fourth-order valence-electron chi connectivity index (χ4n) is 2.73. The van der Waals surface area contributed by atoms with E-state index in [2.05, 4.69) is 17.0 Å². The van der Waals surface area contributed by atoms with Crippen LogP contribution in [0.5, 0.6) is 0 Å². The number of aryl methyl sites for hydroxylation is 1. The van der Waals surface area contributed by atoms with Crippen LogP contribution in [0, 0.1) is 0 Å². The van der Waals surface area contributed by atoms with Gasteiger partial charge >= 0.3 is 0 Å². The van der Waals surface area contributed by atoms with Crippen molar-refractivity contribution >= 4 is 23.4 Å².